The van der Waals surface area contributed by atoms with E-state index >= 15 is 0 Å². The van der Waals surface area contributed by atoms with E-state index in [9.17, 15) is 4.79 Å². The Labute approximate surface area is 199 Å². The van der Waals surface area contributed by atoms with Gasteiger partial charge in [-0.05, 0) is 35.7 Å². The highest BCUT2D eigenvalue weighted by atomic mass is 16.5. The molecular weight excluding hydrogens is 438 g/mol. The van der Waals surface area contributed by atoms with Crippen molar-refractivity contribution in [3.63, 3.8) is 0 Å². The van der Waals surface area contributed by atoms with E-state index in [1.807, 2.05) is 26.0 Å². The highest BCUT2D eigenvalue weighted by Gasteiger charge is 2.20. The summed E-state index contributed by atoms with van der Waals surface area (Å²) in [5.74, 6) is 2.00. The molecule has 1 atom stereocenters. The molecule has 34 heavy (non-hydrogen) atoms. The van der Waals surface area contributed by atoms with Crippen LogP contribution >= 0.6 is 0 Å². The lowest BCUT2D eigenvalue weighted by Crippen LogP contribution is -2.31. The number of rotatable bonds is 10. The van der Waals surface area contributed by atoms with Crippen molar-refractivity contribution in [1.29, 1.82) is 0 Å². The molecule has 1 heterocycles. The Hall–Kier alpha value is -3.72. The molecule has 0 aliphatic heterocycles. The Balaban J connectivity index is 2.00. The lowest BCUT2D eigenvalue weighted by molar-refractivity contribution is -0.116. The zero-order chi connectivity index (χ0) is 24.8. The molecule has 0 saturated heterocycles. The number of anilines is 1. The van der Waals surface area contributed by atoms with Gasteiger partial charge in [-0.2, -0.15) is 0 Å². The predicted molar refractivity (Wildman–Crippen MR) is 130 cm³/mol. The Morgan fingerprint density at radius 3 is 2.18 bits per heavy atom. The van der Waals surface area contributed by atoms with Crippen LogP contribution in [-0.4, -0.2) is 45.5 Å². The number of nitrogens with two attached hydrogens (primary N) is 1. The third kappa shape index (κ3) is 5.26. The van der Waals surface area contributed by atoms with Crippen molar-refractivity contribution >= 4 is 11.6 Å². The second-order valence-corrected chi connectivity index (χ2v) is 8.07. The van der Waals surface area contributed by atoms with Gasteiger partial charge in [-0.15, -0.1) is 0 Å². The van der Waals surface area contributed by atoms with Gasteiger partial charge in [-0.1, -0.05) is 25.1 Å². The Morgan fingerprint density at radius 1 is 0.971 bits per heavy atom. The number of benzene rings is 2. The molecule has 0 radical (unpaired) electrons. The number of amides is 1. The van der Waals surface area contributed by atoms with Gasteiger partial charge in [0.05, 0.1) is 34.1 Å². The molecule has 0 bridgehead atoms. The number of carbonyl (C=O) groups excluding carboxylic acids is 1. The number of methoxy groups -OCH3 is 4. The van der Waals surface area contributed by atoms with Crippen molar-refractivity contribution in [2.75, 3.05) is 33.8 Å². The average Bonchev–Trinajstić information content (AvgIpc) is 3.32. The van der Waals surface area contributed by atoms with Crippen LogP contribution in [0, 0.1) is 5.92 Å². The second kappa shape index (κ2) is 10.9. The minimum absolute atomic E-state index is 0.188. The van der Waals surface area contributed by atoms with Gasteiger partial charge in [0, 0.05) is 23.6 Å². The highest BCUT2D eigenvalue weighted by molar-refractivity contribution is 5.94. The fourth-order valence-electron chi connectivity index (χ4n) is 3.49. The number of nitrogens with one attached hydrogen (secondary N) is 1. The number of ether oxygens (including phenoxy) is 4. The summed E-state index contributed by atoms with van der Waals surface area (Å²) in [5.41, 5.74) is 9.35. The zero-order valence-electron chi connectivity index (χ0n) is 20.3. The van der Waals surface area contributed by atoms with Crippen LogP contribution in [0.3, 0.4) is 0 Å². The van der Waals surface area contributed by atoms with Crippen LogP contribution in [-0.2, 0) is 4.79 Å². The molecule has 3 aromatic rings. The minimum Gasteiger partial charge on any atom is -0.495 e. The molecule has 0 aliphatic rings. The number of hydrogen-bond donors (Lipinski definition) is 2. The van der Waals surface area contributed by atoms with E-state index in [2.05, 4.69) is 10.5 Å². The molecule has 0 aliphatic carbocycles. The van der Waals surface area contributed by atoms with Crippen LogP contribution in [0.5, 0.6) is 23.0 Å². The smallest absolute Gasteiger partial charge is 0.226 e. The molecule has 3 N–H and O–H groups in total. The minimum atomic E-state index is -0.237. The van der Waals surface area contributed by atoms with Crippen LogP contribution < -0.4 is 30.0 Å². The summed E-state index contributed by atoms with van der Waals surface area (Å²) in [5, 5.41) is 7.11. The maximum Gasteiger partial charge on any atom is 0.226 e. The van der Waals surface area contributed by atoms with Gasteiger partial charge in [0.25, 0.3) is 0 Å². The summed E-state index contributed by atoms with van der Waals surface area (Å²) in [6, 6.07) is 8.80. The molecule has 0 saturated carbocycles. The van der Waals surface area contributed by atoms with Crippen molar-refractivity contribution in [3.05, 3.63) is 36.6 Å². The number of carbonyl (C=O) groups is 1. The van der Waals surface area contributed by atoms with Crippen molar-refractivity contribution in [2.45, 2.75) is 26.3 Å². The van der Waals surface area contributed by atoms with E-state index in [4.69, 9.17) is 29.2 Å². The molecule has 1 amide bonds. The molecule has 3 rings (SSSR count). The van der Waals surface area contributed by atoms with E-state index in [0.717, 1.165) is 5.56 Å². The number of aromatic nitrogens is 1. The van der Waals surface area contributed by atoms with Crippen molar-refractivity contribution in [1.82, 2.24) is 5.16 Å². The van der Waals surface area contributed by atoms with E-state index in [1.165, 1.54) is 0 Å². The summed E-state index contributed by atoms with van der Waals surface area (Å²) < 4.78 is 27.1. The van der Waals surface area contributed by atoms with Crippen molar-refractivity contribution in [3.8, 4) is 45.4 Å². The first kappa shape index (κ1) is 24.9. The zero-order valence-corrected chi connectivity index (χ0v) is 20.3. The van der Waals surface area contributed by atoms with Gasteiger partial charge in [0.1, 0.15) is 17.7 Å². The largest absolute Gasteiger partial charge is 0.495 e. The Morgan fingerprint density at radius 2 is 1.62 bits per heavy atom. The predicted octanol–water partition coefficient (Wildman–Crippen LogP) is 4.35. The SMILES string of the molecule is COc1ccc(-c2conc2-c2cc(OC)c(OC)c(OC)c2)cc1NC(=O)CC(N)C(C)C. The maximum absolute atomic E-state index is 12.6. The normalized spacial score (nSPS) is 11.8. The second-order valence-electron chi connectivity index (χ2n) is 8.07. The summed E-state index contributed by atoms with van der Waals surface area (Å²) in [6.45, 7) is 3.96. The van der Waals surface area contributed by atoms with Crippen molar-refractivity contribution in [2.24, 2.45) is 11.7 Å². The van der Waals surface area contributed by atoms with E-state index in [1.54, 1.807) is 52.9 Å². The van der Waals surface area contributed by atoms with E-state index in [-0.39, 0.29) is 24.3 Å². The van der Waals surface area contributed by atoms with Gasteiger partial charge < -0.3 is 34.5 Å². The summed E-state index contributed by atoms with van der Waals surface area (Å²) in [4.78, 5) is 12.6. The topological polar surface area (TPSA) is 118 Å². The van der Waals surface area contributed by atoms with Gasteiger partial charge in [0.15, 0.2) is 11.5 Å². The standard InChI is InChI=1S/C25H31N3O6/c1-14(2)18(26)12-23(29)27-19-9-15(7-8-20(19)30-3)17-13-34-28-24(17)16-10-21(31-4)25(33-6)22(11-16)32-5/h7-11,13-14,18H,12,26H2,1-6H3,(H,27,29). The Kier molecular flexibility index (Phi) is 8.01. The molecule has 9 heteroatoms. The van der Waals surface area contributed by atoms with Crippen molar-refractivity contribution < 1.29 is 28.3 Å². The first-order valence-electron chi connectivity index (χ1n) is 10.8. The van der Waals surface area contributed by atoms with E-state index < -0.39 is 0 Å². The third-order valence-electron chi connectivity index (χ3n) is 5.57. The molecule has 182 valence electrons. The third-order valence-corrected chi connectivity index (χ3v) is 5.57. The summed E-state index contributed by atoms with van der Waals surface area (Å²) in [6.07, 6.45) is 1.75. The Bertz CT molecular complexity index is 1120. The maximum atomic E-state index is 12.6. The van der Waals surface area contributed by atoms with Crippen LogP contribution in [0.15, 0.2) is 41.1 Å². The summed E-state index contributed by atoms with van der Waals surface area (Å²) in [7, 11) is 6.19. The fraction of sp³-hybridized carbons (Fsp3) is 0.360. The first-order chi connectivity index (χ1) is 16.3. The average molecular weight is 470 g/mol. The molecule has 2 aromatic carbocycles. The first-order valence-corrected chi connectivity index (χ1v) is 10.8. The molecule has 0 spiro atoms. The quantitative estimate of drug-likeness (QED) is 0.450. The molecule has 1 aromatic heterocycles. The lowest BCUT2D eigenvalue weighted by Gasteiger charge is -2.17. The molecular formula is C25H31N3O6. The fourth-order valence-corrected chi connectivity index (χ4v) is 3.49. The van der Waals surface area contributed by atoms with Gasteiger partial charge in [-0.25, -0.2) is 0 Å². The van der Waals surface area contributed by atoms with Crippen LogP contribution in [0.1, 0.15) is 20.3 Å². The number of nitrogens with zero attached hydrogens (tertiary/aromatic N) is 1. The van der Waals surface area contributed by atoms with Crippen LogP contribution in [0.2, 0.25) is 0 Å². The van der Waals surface area contributed by atoms with E-state index in [0.29, 0.717) is 45.5 Å². The molecule has 1 unspecified atom stereocenters. The highest BCUT2D eigenvalue weighted by Crippen LogP contribution is 2.43. The van der Waals surface area contributed by atoms with Crippen LogP contribution in [0.25, 0.3) is 22.4 Å². The monoisotopic (exact) mass is 469 g/mol. The van der Waals surface area contributed by atoms with Crippen LogP contribution in [0.4, 0.5) is 5.69 Å². The van der Waals surface area contributed by atoms with Gasteiger partial charge in [-0.3, -0.25) is 4.79 Å². The summed E-state index contributed by atoms with van der Waals surface area (Å²) >= 11 is 0. The lowest BCUT2D eigenvalue weighted by atomic mass is 10.00. The van der Waals surface area contributed by atoms with Gasteiger partial charge >= 0.3 is 0 Å². The molecule has 0 fully saturated rings. The number of hydrogen-bond acceptors (Lipinski definition) is 8. The molecule has 9 nitrogen and oxygen atoms in total. The van der Waals surface area contributed by atoms with Gasteiger partial charge in [0.2, 0.25) is 11.7 Å².